The van der Waals surface area contributed by atoms with Crippen LogP contribution in [0.1, 0.15) is 37.6 Å². The summed E-state index contributed by atoms with van der Waals surface area (Å²) in [5.74, 6) is 0.0128. The standard InChI is InChI=1S/C27H28N4O6/c1-4-27(2,3)26(33)37-18-17-36-24-15-5-19(6-16-24)25(32)28-20-7-9-21(10-8-20)29-30-22-11-13-23(14-12-22)31(34)35/h5-16H,4,17-18H2,1-3H3,(H,28,32). The van der Waals surface area contributed by atoms with Gasteiger partial charge in [0.1, 0.15) is 19.0 Å². The minimum absolute atomic E-state index is 0.0181. The number of azo groups is 1. The Morgan fingerprint density at radius 2 is 1.46 bits per heavy atom. The Morgan fingerprint density at radius 3 is 2.00 bits per heavy atom. The van der Waals surface area contributed by atoms with Gasteiger partial charge in [0.15, 0.2) is 0 Å². The Bertz CT molecular complexity index is 1250. The molecule has 3 aromatic rings. The van der Waals surface area contributed by atoms with E-state index in [2.05, 4.69) is 15.5 Å². The fraction of sp³-hybridized carbons (Fsp3) is 0.259. The van der Waals surface area contributed by atoms with Crippen LogP contribution in [-0.2, 0) is 9.53 Å². The van der Waals surface area contributed by atoms with Crippen LogP contribution in [-0.4, -0.2) is 30.0 Å². The fourth-order valence-corrected chi connectivity index (χ4v) is 2.91. The van der Waals surface area contributed by atoms with Gasteiger partial charge in [-0.2, -0.15) is 10.2 Å². The number of rotatable bonds is 11. The van der Waals surface area contributed by atoms with Crippen molar-refractivity contribution in [2.24, 2.45) is 15.6 Å². The number of nitro groups is 1. The minimum atomic E-state index is -0.519. The summed E-state index contributed by atoms with van der Waals surface area (Å²) in [7, 11) is 0. The molecule has 0 bridgehead atoms. The fourth-order valence-electron chi connectivity index (χ4n) is 2.91. The van der Waals surface area contributed by atoms with Crippen LogP contribution in [0.5, 0.6) is 5.75 Å². The zero-order valence-electron chi connectivity index (χ0n) is 20.8. The molecule has 192 valence electrons. The topological polar surface area (TPSA) is 132 Å². The van der Waals surface area contributed by atoms with Gasteiger partial charge in [0, 0.05) is 23.4 Å². The van der Waals surface area contributed by atoms with Crippen LogP contribution < -0.4 is 10.1 Å². The third-order valence-corrected chi connectivity index (χ3v) is 5.60. The number of anilines is 1. The summed E-state index contributed by atoms with van der Waals surface area (Å²) in [5.41, 5.74) is 1.53. The van der Waals surface area contributed by atoms with Crippen molar-refractivity contribution in [3.63, 3.8) is 0 Å². The highest BCUT2D eigenvalue weighted by Gasteiger charge is 2.26. The molecule has 1 N–H and O–H groups in total. The van der Waals surface area contributed by atoms with Crippen LogP contribution in [0.15, 0.2) is 83.0 Å². The molecule has 0 aliphatic heterocycles. The van der Waals surface area contributed by atoms with Gasteiger partial charge in [-0.3, -0.25) is 19.7 Å². The average molecular weight is 505 g/mol. The summed E-state index contributed by atoms with van der Waals surface area (Å²) in [6.45, 7) is 5.97. The number of nitro benzene ring substituents is 1. The Labute approximate surface area is 214 Å². The van der Waals surface area contributed by atoms with E-state index in [-0.39, 0.29) is 30.8 Å². The van der Waals surface area contributed by atoms with Crippen molar-refractivity contribution in [2.75, 3.05) is 18.5 Å². The lowest BCUT2D eigenvalue weighted by molar-refractivity contribution is -0.384. The van der Waals surface area contributed by atoms with E-state index in [4.69, 9.17) is 9.47 Å². The van der Waals surface area contributed by atoms with Crippen molar-refractivity contribution in [3.8, 4) is 5.75 Å². The van der Waals surface area contributed by atoms with E-state index in [0.717, 1.165) is 0 Å². The minimum Gasteiger partial charge on any atom is -0.490 e. The van der Waals surface area contributed by atoms with Gasteiger partial charge < -0.3 is 14.8 Å². The van der Waals surface area contributed by atoms with Crippen LogP contribution in [0.3, 0.4) is 0 Å². The summed E-state index contributed by atoms with van der Waals surface area (Å²) in [6, 6.07) is 19.1. The number of hydrogen-bond acceptors (Lipinski definition) is 8. The normalized spacial score (nSPS) is 11.2. The summed E-state index contributed by atoms with van der Waals surface area (Å²) in [5, 5.41) is 21.7. The molecule has 0 aromatic heterocycles. The van der Waals surface area contributed by atoms with Crippen LogP contribution in [0.2, 0.25) is 0 Å². The molecule has 10 nitrogen and oxygen atoms in total. The van der Waals surface area contributed by atoms with E-state index >= 15 is 0 Å². The second kappa shape index (κ2) is 12.4. The van der Waals surface area contributed by atoms with Crippen molar-refractivity contribution >= 4 is 34.6 Å². The molecule has 37 heavy (non-hydrogen) atoms. The van der Waals surface area contributed by atoms with Gasteiger partial charge in [0.2, 0.25) is 0 Å². The molecule has 0 aliphatic carbocycles. The molecular formula is C27H28N4O6. The lowest BCUT2D eigenvalue weighted by atomic mass is 9.91. The van der Waals surface area contributed by atoms with Crippen molar-refractivity contribution in [1.82, 2.24) is 0 Å². The van der Waals surface area contributed by atoms with Crippen LogP contribution in [0.4, 0.5) is 22.7 Å². The smallest absolute Gasteiger partial charge is 0.311 e. The summed E-state index contributed by atoms with van der Waals surface area (Å²) >= 11 is 0. The first-order valence-corrected chi connectivity index (χ1v) is 11.7. The molecule has 0 radical (unpaired) electrons. The molecule has 0 unspecified atom stereocenters. The predicted octanol–water partition coefficient (Wildman–Crippen LogP) is 6.62. The summed E-state index contributed by atoms with van der Waals surface area (Å²) < 4.78 is 10.8. The quantitative estimate of drug-likeness (QED) is 0.103. The maximum Gasteiger partial charge on any atom is 0.311 e. The number of ether oxygens (including phenoxy) is 2. The molecule has 3 aromatic carbocycles. The van der Waals surface area contributed by atoms with E-state index in [1.54, 1.807) is 48.5 Å². The Balaban J connectivity index is 1.47. The van der Waals surface area contributed by atoms with E-state index in [9.17, 15) is 19.7 Å². The second-order valence-corrected chi connectivity index (χ2v) is 8.72. The SMILES string of the molecule is CCC(C)(C)C(=O)OCCOc1ccc(C(=O)Nc2ccc(N=Nc3ccc([N+](=O)[O-])cc3)cc2)cc1. The van der Waals surface area contributed by atoms with Crippen molar-refractivity contribution in [1.29, 1.82) is 0 Å². The van der Waals surface area contributed by atoms with Crippen LogP contribution in [0, 0.1) is 15.5 Å². The van der Waals surface area contributed by atoms with E-state index < -0.39 is 10.3 Å². The first kappa shape index (κ1) is 27.0. The number of hydrogen-bond donors (Lipinski definition) is 1. The van der Waals surface area contributed by atoms with Gasteiger partial charge >= 0.3 is 5.97 Å². The van der Waals surface area contributed by atoms with Crippen molar-refractivity contribution in [2.45, 2.75) is 27.2 Å². The second-order valence-electron chi connectivity index (χ2n) is 8.72. The lowest BCUT2D eigenvalue weighted by Gasteiger charge is -2.20. The molecule has 0 saturated heterocycles. The highest BCUT2D eigenvalue weighted by Crippen LogP contribution is 2.23. The molecule has 3 rings (SSSR count). The van der Waals surface area contributed by atoms with E-state index in [1.807, 2.05) is 20.8 Å². The number of carbonyl (C=O) groups is 2. The number of nitrogens with one attached hydrogen (secondary N) is 1. The number of amides is 1. The largest absolute Gasteiger partial charge is 0.490 e. The Kier molecular flexibility index (Phi) is 9.04. The molecule has 0 spiro atoms. The van der Waals surface area contributed by atoms with E-state index in [0.29, 0.717) is 34.8 Å². The van der Waals surface area contributed by atoms with Gasteiger partial charge in [-0.15, -0.1) is 0 Å². The molecule has 10 heteroatoms. The lowest BCUT2D eigenvalue weighted by Crippen LogP contribution is -2.27. The van der Waals surface area contributed by atoms with Crippen LogP contribution >= 0.6 is 0 Å². The first-order valence-electron chi connectivity index (χ1n) is 11.7. The molecule has 0 saturated carbocycles. The highest BCUT2D eigenvalue weighted by atomic mass is 16.6. The molecule has 0 aliphatic rings. The van der Waals surface area contributed by atoms with E-state index in [1.165, 1.54) is 24.3 Å². The number of non-ortho nitro benzene ring substituents is 1. The number of nitrogens with zero attached hydrogens (tertiary/aromatic N) is 3. The van der Waals surface area contributed by atoms with Gasteiger partial charge in [0.05, 0.1) is 21.7 Å². The Hall–Kier alpha value is -4.60. The number of esters is 1. The van der Waals surface area contributed by atoms with Crippen LogP contribution in [0.25, 0.3) is 0 Å². The Morgan fingerprint density at radius 1 is 0.892 bits per heavy atom. The van der Waals surface area contributed by atoms with Crippen molar-refractivity contribution in [3.05, 3.63) is 88.5 Å². The molecule has 0 atom stereocenters. The maximum atomic E-state index is 12.6. The molecule has 0 heterocycles. The maximum absolute atomic E-state index is 12.6. The third kappa shape index (κ3) is 7.96. The van der Waals surface area contributed by atoms with Gasteiger partial charge in [-0.25, -0.2) is 0 Å². The van der Waals surface area contributed by atoms with Crippen molar-refractivity contribution < 1.29 is 24.0 Å². The molecular weight excluding hydrogens is 476 g/mol. The van der Waals surface area contributed by atoms with Gasteiger partial charge in [-0.1, -0.05) is 6.92 Å². The number of carbonyl (C=O) groups excluding carboxylic acids is 2. The van der Waals surface area contributed by atoms with Gasteiger partial charge in [0.25, 0.3) is 11.6 Å². The number of benzene rings is 3. The zero-order valence-corrected chi connectivity index (χ0v) is 20.8. The third-order valence-electron chi connectivity index (χ3n) is 5.60. The first-order chi connectivity index (χ1) is 17.7. The van der Waals surface area contributed by atoms with Gasteiger partial charge in [-0.05, 0) is 80.9 Å². The average Bonchev–Trinajstić information content (AvgIpc) is 2.91. The monoisotopic (exact) mass is 504 g/mol. The summed E-state index contributed by atoms with van der Waals surface area (Å²) in [6.07, 6.45) is 0.690. The predicted molar refractivity (Wildman–Crippen MR) is 139 cm³/mol. The summed E-state index contributed by atoms with van der Waals surface area (Å²) in [4.78, 5) is 34.7. The highest BCUT2D eigenvalue weighted by molar-refractivity contribution is 6.04. The molecule has 1 amide bonds. The molecule has 0 fully saturated rings. The zero-order chi connectivity index (χ0) is 26.8.